The van der Waals surface area contributed by atoms with E-state index in [1.165, 1.54) is 17.9 Å². The molecule has 4 heteroatoms. The third-order valence-corrected chi connectivity index (χ3v) is 4.72. The van der Waals surface area contributed by atoms with Crippen LogP contribution in [0.5, 0.6) is 5.75 Å². The number of hydrogen-bond donors (Lipinski definition) is 1. The molecule has 2 nitrogen and oxygen atoms in total. The first-order chi connectivity index (χ1) is 8.20. The third kappa shape index (κ3) is 3.23. The molecular weight excluding hydrogens is 254 g/mol. The third-order valence-electron chi connectivity index (χ3n) is 3.09. The Labute approximate surface area is 112 Å². The maximum atomic E-state index is 6.08. The maximum Gasteiger partial charge on any atom is 0.143 e. The molecular formula is C13H18ClNOS. The molecule has 1 aliphatic heterocycles. The maximum absolute atomic E-state index is 6.08. The van der Waals surface area contributed by atoms with Gasteiger partial charge in [-0.2, -0.15) is 11.8 Å². The van der Waals surface area contributed by atoms with Gasteiger partial charge in [0.1, 0.15) is 5.75 Å². The number of anilines is 1. The fraction of sp³-hybridized carbons (Fsp3) is 0.538. The van der Waals surface area contributed by atoms with Gasteiger partial charge in [0.25, 0.3) is 0 Å². The van der Waals surface area contributed by atoms with Crippen molar-refractivity contribution in [3.63, 3.8) is 0 Å². The van der Waals surface area contributed by atoms with Gasteiger partial charge in [-0.25, -0.2) is 0 Å². The van der Waals surface area contributed by atoms with E-state index in [0.29, 0.717) is 0 Å². The zero-order valence-electron chi connectivity index (χ0n) is 10.3. The number of aryl methyl sites for hydroxylation is 1. The van der Waals surface area contributed by atoms with E-state index >= 15 is 0 Å². The monoisotopic (exact) mass is 271 g/mol. The molecule has 0 radical (unpaired) electrons. The number of hydrogen-bond acceptors (Lipinski definition) is 3. The summed E-state index contributed by atoms with van der Waals surface area (Å²) in [4.78, 5) is 0. The van der Waals surface area contributed by atoms with E-state index in [-0.39, 0.29) is 0 Å². The topological polar surface area (TPSA) is 21.3 Å². The molecule has 2 rings (SSSR count). The first-order valence-corrected chi connectivity index (χ1v) is 7.39. The number of rotatable bonds is 4. The van der Waals surface area contributed by atoms with Crippen LogP contribution >= 0.6 is 23.4 Å². The van der Waals surface area contributed by atoms with Crippen LogP contribution in [-0.4, -0.2) is 25.2 Å². The van der Waals surface area contributed by atoms with Crippen molar-refractivity contribution in [1.82, 2.24) is 0 Å². The number of ether oxygens (including phenoxy) is 1. The minimum atomic E-state index is 0.754. The summed E-state index contributed by atoms with van der Waals surface area (Å²) >= 11 is 8.12. The van der Waals surface area contributed by atoms with Crippen LogP contribution in [0, 0.1) is 12.8 Å². The van der Waals surface area contributed by atoms with E-state index < -0.39 is 0 Å². The Morgan fingerprint density at radius 2 is 2.35 bits per heavy atom. The second-order valence-corrected chi connectivity index (χ2v) is 5.97. The van der Waals surface area contributed by atoms with Crippen molar-refractivity contribution in [1.29, 1.82) is 0 Å². The normalized spacial score (nSPS) is 19.4. The van der Waals surface area contributed by atoms with Gasteiger partial charge < -0.3 is 10.1 Å². The molecule has 1 fully saturated rings. The van der Waals surface area contributed by atoms with Crippen LogP contribution in [0.1, 0.15) is 12.0 Å². The summed E-state index contributed by atoms with van der Waals surface area (Å²) in [7, 11) is 1.68. The lowest BCUT2D eigenvalue weighted by Gasteiger charge is -2.15. The Hall–Kier alpha value is -0.540. The van der Waals surface area contributed by atoms with Crippen molar-refractivity contribution in [2.75, 3.05) is 30.5 Å². The van der Waals surface area contributed by atoms with Crippen LogP contribution in [0.2, 0.25) is 5.02 Å². The molecule has 1 saturated heterocycles. The Balaban J connectivity index is 2.05. The summed E-state index contributed by atoms with van der Waals surface area (Å²) in [5, 5.41) is 4.23. The molecule has 1 aromatic carbocycles. The second-order valence-electron chi connectivity index (χ2n) is 4.41. The van der Waals surface area contributed by atoms with Crippen molar-refractivity contribution in [2.24, 2.45) is 5.92 Å². The molecule has 0 aromatic heterocycles. The summed E-state index contributed by atoms with van der Waals surface area (Å²) in [6.07, 6.45) is 1.31. The number of benzene rings is 1. The lowest BCUT2D eigenvalue weighted by molar-refractivity contribution is 0.416. The van der Waals surface area contributed by atoms with Gasteiger partial charge in [0.2, 0.25) is 0 Å². The van der Waals surface area contributed by atoms with Crippen LogP contribution in [0.15, 0.2) is 12.1 Å². The van der Waals surface area contributed by atoms with Gasteiger partial charge in [0, 0.05) is 17.6 Å². The molecule has 0 bridgehead atoms. The number of nitrogens with one attached hydrogen (secondary N) is 1. The van der Waals surface area contributed by atoms with Gasteiger partial charge in [0.05, 0.1) is 12.8 Å². The average molecular weight is 272 g/mol. The van der Waals surface area contributed by atoms with Crippen LogP contribution in [0.3, 0.4) is 0 Å². The smallest absolute Gasteiger partial charge is 0.143 e. The highest BCUT2D eigenvalue weighted by atomic mass is 35.5. The highest BCUT2D eigenvalue weighted by Crippen LogP contribution is 2.32. The highest BCUT2D eigenvalue weighted by molar-refractivity contribution is 7.99. The molecule has 1 heterocycles. The molecule has 1 aromatic rings. The average Bonchev–Trinajstić information content (AvgIpc) is 2.83. The minimum Gasteiger partial charge on any atom is -0.495 e. The lowest BCUT2D eigenvalue weighted by atomic mass is 10.1. The van der Waals surface area contributed by atoms with Gasteiger partial charge in [-0.3, -0.25) is 0 Å². The molecule has 0 saturated carbocycles. The van der Waals surface area contributed by atoms with E-state index in [1.54, 1.807) is 7.11 Å². The predicted molar refractivity (Wildman–Crippen MR) is 76.7 cm³/mol. The van der Waals surface area contributed by atoms with Crippen molar-refractivity contribution < 1.29 is 4.74 Å². The second kappa shape index (κ2) is 5.87. The Kier molecular flexibility index (Phi) is 4.46. The van der Waals surface area contributed by atoms with Crippen molar-refractivity contribution in [2.45, 2.75) is 13.3 Å². The van der Waals surface area contributed by atoms with E-state index in [2.05, 4.69) is 11.4 Å². The zero-order valence-corrected chi connectivity index (χ0v) is 11.8. The first-order valence-electron chi connectivity index (χ1n) is 5.86. The molecule has 0 spiro atoms. The Morgan fingerprint density at radius 1 is 1.53 bits per heavy atom. The van der Waals surface area contributed by atoms with Gasteiger partial charge in [-0.1, -0.05) is 11.6 Å². The minimum absolute atomic E-state index is 0.754. The van der Waals surface area contributed by atoms with Crippen LogP contribution in [0.4, 0.5) is 5.69 Å². The largest absolute Gasteiger partial charge is 0.495 e. The van der Waals surface area contributed by atoms with E-state index in [4.69, 9.17) is 16.3 Å². The molecule has 1 atom stereocenters. The summed E-state index contributed by atoms with van der Waals surface area (Å²) < 4.78 is 5.34. The summed E-state index contributed by atoms with van der Waals surface area (Å²) in [5.41, 5.74) is 2.13. The predicted octanol–water partition coefficient (Wildman–Crippen LogP) is 3.82. The Bertz CT molecular complexity index is 391. The van der Waals surface area contributed by atoms with Crippen LogP contribution in [-0.2, 0) is 0 Å². The molecule has 1 aliphatic rings. The Morgan fingerprint density at radius 3 is 3.00 bits per heavy atom. The van der Waals surface area contributed by atoms with E-state index in [9.17, 15) is 0 Å². The molecule has 0 aliphatic carbocycles. The number of halogens is 1. The van der Waals surface area contributed by atoms with Gasteiger partial charge >= 0.3 is 0 Å². The number of thioether (sulfide) groups is 1. The first kappa shape index (κ1) is 12.9. The molecule has 1 N–H and O–H groups in total. The quantitative estimate of drug-likeness (QED) is 0.900. The molecule has 1 unspecified atom stereocenters. The fourth-order valence-corrected chi connectivity index (χ4v) is 3.41. The number of methoxy groups -OCH3 is 1. The molecule has 0 amide bonds. The lowest BCUT2D eigenvalue weighted by Crippen LogP contribution is -2.14. The molecule has 94 valence electrons. The van der Waals surface area contributed by atoms with Crippen LogP contribution in [0.25, 0.3) is 0 Å². The van der Waals surface area contributed by atoms with E-state index in [0.717, 1.165) is 34.5 Å². The summed E-state index contributed by atoms with van der Waals surface area (Å²) in [6, 6.07) is 3.94. The van der Waals surface area contributed by atoms with Gasteiger partial charge in [-0.05, 0) is 42.4 Å². The van der Waals surface area contributed by atoms with Crippen LogP contribution < -0.4 is 10.1 Å². The molecule has 17 heavy (non-hydrogen) atoms. The summed E-state index contributed by atoms with van der Waals surface area (Å²) in [5.74, 6) is 4.16. The van der Waals surface area contributed by atoms with Gasteiger partial charge in [-0.15, -0.1) is 0 Å². The fourth-order valence-electron chi connectivity index (χ4n) is 1.97. The van der Waals surface area contributed by atoms with Crippen molar-refractivity contribution in [3.8, 4) is 5.75 Å². The highest BCUT2D eigenvalue weighted by Gasteiger charge is 2.16. The van der Waals surface area contributed by atoms with E-state index in [1.807, 2.05) is 24.8 Å². The van der Waals surface area contributed by atoms with Gasteiger partial charge in [0.15, 0.2) is 0 Å². The summed E-state index contributed by atoms with van der Waals surface area (Å²) in [6.45, 7) is 3.03. The van der Waals surface area contributed by atoms with Crippen molar-refractivity contribution >= 4 is 29.1 Å². The SMILES string of the molecule is COc1cc(Cl)c(C)cc1NCC1CCSC1. The zero-order chi connectivity index (χ0) is 12.3. The van der Waals surface area contributed by atoms with Crippen molar-refractivity contribution in [3.05, 3.63) is 22.7 Å². The standard InChI is InChI=1S/C13H18ClNOS/c1-9-5-12(13(16-2)6-11(9)14)15-7-10-3-4-17-8-10/h5-6,10,15H,3-4,7-8H2,1-2H3.